The van der Waals surface area contributed by atoms with Gasteiger partial charge in [0.25, 0.3) is 0 Å². The molecule has 0 saturated heterocycles. The molecule has 2 N–H and O–H groups in total. The van der Waals surface area contributed by atoms with Gasteiger partial charge in [-0.25, -0.2) is 4.79 Å². The molecule has 0 aliphatic carbocycles. The Morgan fingerprint density at radius 3 is 2.40 bits per heavy atom. The molecule has 0 bridgehead atoms. The van der Waals surface area contributed by atoms with E-state index in [2.05, 4.69) is 10.6 Å². The topological polar surface area (TPSA) is 59.6 Å². The Morgan fingerprint density at radius 1 is 1.08 bits per heavy atom. The first-order valence-corrected chi connectivity index (χ1v) is 8.23. The van der Waals surface area contributed by atoms with Gasteiger partial charge in [-0.05, 0) is 56.2 Å². The Balaban J connectivity index is 2.17. The molecule has 0 fully saturated rings. The number of benzene rings is 2. The number of halogens is 1. The van der Waals surface area contributed by atoms with E-state index >= 15 is 0 Å². The predicted octanol–water partition coefficient (Wildman–Crippen LogP) is 4.72. The molecule has 0 aromatic heterocycles. The summed E-state index contributed by atoms with van der Waals surface area (Å²) in [5.41, 5.74) is 1.77. The Labute approximate surface area is 153 Å². The average molecular weight is 363 g/mol. The third kappa shape index (κ3) is 4.37. The summed E-state index contributed by atoms with van der Waals surface area (Å²) in [6, 6.07) is 10.6. The number of anilines is 1. The summed E-state index contributed by atoms with van der Waals surface area (Å²) in [4.78, 5) is 12.4. The lowest BCUT2D eigenvalue weighted by Crippen LogP contribution is -2.43. The van der Waals surface area contributed by atoms with E-state index < -0.39 is 5.54 Å². The summed E-state index contributed by atoms with van der Waals surface area (Å²) in [6.45, 7) is 5.69. The lowest BCUT2D eigenvalue weighted by atomic mass is 9.94. The van der Waals surface area contributed by atoms with Gasteiger partial charge in [0.05, 0.1) is 19.8 Å². The summed E-state index contributed by atoms with van der Waals surface area (Å²) in [6.07, 6.45) is 0. The molecule has 5 nitrogen and oxygen atoms in total. The molecule has 0 aliphatic rings. The van der Waals surface area contributed by atoms with E-state index in [1.165, 1.54) is 0 Å². The SMILES string of the molecule is COc1ccc(C(C)(C)NC(=O)Nc2cccc(Cl)c2C)cc1OC. The van der Waals surface area contributed by atoms with Crippen LogP contribution in [0.5, 0.6) is 11.5 Å². The standard InChI is InChI=1S/C19H23ClN2O3/c1-12-14(20)7-6-8-15(12)21-18(23)22-19(2,3)13-9-10-16(24-4)17(11-13)25-5/h6-11H,1-5H3,(H2,21,22,23). The number of methoxy groups -OCH3 is 2. The maximum Gasteiger partial charge on any atom is 0.319 e. The third-order valence-corrected chi connectivity index (χ3v) is 4.46. The van der Waals surface area contributed by atoms with Crippen molar-refractivity contribution in [3.8, 4) is 11.5 Å². The predicted molar refractivity (Wildman–Crippen MR) is 101 cm³/mol. The molecule has 6 heteroatoms. The van der Waals surface area contributed by atoms with Crippen molar-refractivity contribution in [1.29, 1.82) is 0 Å². The zero-order valence-corrected chi connectivity index (χ0v) is 15.8. The number of hydrogen-bond donors (Lipinski definition) is 2. The fraction of sp³-hybridized carbons (Fsp3) is 0.316. The molecule has 25 heavy (non-hydrogen) atoms. The Bertz CT molecular complexity index is 775. The second-order valence-electron chi connectivity index (χ2n) is 6.19. The van der Waals surface area contributed by atoms with E-state index in [0.29, 0.717) is 22.2 Å². The van der Waals surface area contributed by atoms with E-state index in [0.717, 1.165) is 11.1 Å². The number of carbonyl (C=O) groups excluding carboxylic acids is 1. The van der Waals surface area contributed by atoms with E-state index in [-0.39, 0.29) is 6.03 Å². The summed E-state index contributed by atoms with van der Waals surface area (Å²) < 4.78 is 10.6. The van der Waals surface area contributed by atoms with Crippen LogP contribution in [0.2, 0.25) is 5.02 Å². The molecular formula is C19H23ClN2O3. The molecule has 0 saturated carbocycles. The van der Waals surface area contributed by atoms with Crippen molar-refractivity contribution in [2.24, 2.45) is 0 Å². The van der Waals surface area contributed by atoms with Crippen LogP contribution in [0.3, 0.4) is 0 Å². The van der Waals surface area contributed by atoms with E-state index in [1.54, 1.807) is 26.4 Å². The Hall–Kier alpha value is -2.40. The van der Waals surface area contributed by atoms with Crippen LogP contribution >= 0.6 is 11.6 Å². The number of rotatable bonds is 5. The van der Waals surface area contributed by atoms with Crippen LogP contribution in [0.4, 0.5) is 10.5 Å². The minimum Gasteiger partial charge on any atom is -0.493 e. The minimum atomic E-state index is -0.615. The molecule has 0 heterocycles. The lowest BCUT2D eigenvalue weighted by Gasteiger charge is -2.28. The molecule has 0 aliphatic heterocycles. The van der Waals surface area contributed by atoms with Gasteiger partial charge in [-0.3, -0.25) is 0 Å². The van der Waals surface area contributed by atoms with Crippen molar-refractivity contribution in [2.45, 2.75) is 26.3 Å². The molecule has 0 radical (unpaired) electrons. The van der Waals surface area contributed by atoms with Crippen LogP contribution in [-0.2, 0) is 5.54 Å². The van der Waals surface area contributed by atoms with Gasteiger partial charge in [-0.15, -0.1) is 0 Å². The van der Waals surface area contributed by atoms with Gasteiger partial charge in [0, 0.05) is 10.7 Å². The number of amides is 2. The van der Waals surface area contributed by atoms with Crippen LogP contribution in [0.15, 0.2) is 36.4 Å². The maximum absolute atomic E-state index is 12.4. The quantitative estimate of drug-likeness (QED) is 0.808. The third-order valence-electron chi connectivity index (χ3n) is 4.05. The highest BCUT2D eigenvalue weighted by molar-refractivity contribution is 6.31. The number of ether oxygens (including phenoxy) is 2. The minimum absolute atomic E-state index is 0.315. The van der Waals surface area contributed by atoms with Gasteiger partial charge in [-0.2, -0.15) is 0 Å². The summed E-state index contributed by atoms with van der Waals surface area (Å²) in [7, 11) is 3.17. The first kappa shape index (κ1) is 18.9. The van der Waals surface area contributed by atoms with E-state index in [4.69, 9.17) is 21.1 Å². The van der Waals surface area contributed by atoms with Crippen molar-refractivity contribution in [3.63, 3.8) is 0 Å². The Morgan fingerprint density at radius 2 is 1.76 bits per heavy atom. The molecular weight excluding hydrogens is 340 g/mol. The molecule has 2 aromatic rings. The largest absolute Gasteiger partial charge is 0.493 e. The zero-order valence-electron chi connectivity index (χ0n) is 15.1. The van der Waals surface area contributed by atoms with Crippen molar-refractivity contribution in [1.82, 2.24) is 5.32 Å². The molecule has 134 valence electrons. The number of urea groups is 1. The normalized spacial score (nSPS) is 11.0. The number of nitrogens with one attached hydrogen (secondary N) is 2. The number of carbonyl (C=O) groups is 1. The first-order valence-electron chi connectivity index (χ1n) is 7.85. The van der Waals surface area contributed by atoms with E-state index in [1.807, 2.05) is 45.0 Å². The summed E-state index contributed by atoms with van der Waals surface area (Å²) in [5.74, 6) is 1.25. The first-order chi connectivity index (χ1) is 11.8. The van der Waals surface area contributed by atoms with E-state index in [9.17, 15) is 4.79 Å². The summed E-state index contributed by atoms with van der Waals surface area (Å²) >= 11 is 6.09. The van der Waals surface area contributed by atoms with Gasteiger partial charge < -0.3 is 20.1 Å². The van der Waals surface area contributed by atoms with Crippen molar-refractivity contribution in [2.75, 3.05) is 19.5 Å². The molecule has 0 atom stereocenters. The molecule has 2 amide bonds. The highest BCUT2D eigenvalue weighted by atomic mass is 35.5. The second-order valence-corrected chi connectivity index (χ2v) is 6.59. The zero-order chi connectivity index (χ0) is 18.6. The van der Waals surface area contributed by atoms with Gasteiger partial charge in [0.2, 0.25) is 0 Å². The molecule has 2 rings (SSSR count). The van der Waals surface area contributed by atoms with Crippen LogP contribution in [0.25, 0.3) is 0 Å². The fourth-order valence-electron chi connectivity index (χ4n) is 2.48. The van der Waals surface area contributed by atoms with Crippen LogP contribution in [0, 0.1) is 6.92 Å². The number of hydrogen-bond acceptors (Lipinski definition) is 3. The second kappa shape index (κ2) is 7.66. The van der Waals surface area contributed by atoms with Crippen LogP contribution in [0.1, 0.15) is 25.0 Å². The lowest BCUT2D eigenvalue weighted by molar-refractivity contribution is 0.241. The van der Waals surface area contributed by atoms with Crippen LogP contribution in [-0.4, -0.2) is 20.3 Å². The monoisotopic (exact) mass is 362 g/mol. The highest BCUT2D eigenvalue weighted by Gasteiger charge is 2.24. The fourth-order valence-corrected chi connectivity index (χ4v) is 2.65. The van der Waals surface area contributed by atoms with Gasteiger partial charge >= 0.3 is 6.03 Å². The summed E-state index contributed by atoms with van der Waals surface area (Å²) in [5, 5.41) is 6.41. The maximum atomic E-state index is 12.4. The van der Waals surface area contributed by atoms with Gasteiger partial charge in [0.1, 0.15) is 0 Å². The smallest absolute Gasteiger partial charge is 0.319 e. The van der Waals surface area contributed by atoms with Crippen molar-refractivity contribution < 1.29 is 14.3 Å². The molecule has 2 aromatic carbocycles. The van der Waals surface area contributed by atoms with Gasteiger partial charge in [0.15, 0.2) is 11.5 Å². The van der Waals surface area contributed by atoms with Gasteiger partial charge in [-0.1, -0.05) is 23.7 Å². The Kier molecular flexibility index (Phi) is 5.80. The average Bonchev–Trinajstić information content (AvgIpc) is 2.57. The van der Waals surface area contributed by atoms with Crippen molar-refractivity contribution >= 4 is 23.3 Å². The molecule has 0 spiro atoms. The van der Waals surface area contributed by atoms with Crippen molar-refractivity contribution in [3.05, 3.63) is 52.5 Å². The highest BCUT2D eigenvalue weighted by Crippen LogP contribution is 2.32. The molecule has 0 unspecified atom stereocenters. The van der Waals surface area contributed by atoms with Crippen LogP contribution < -0.4 is 20.1 Å².